The monoisotopic (exact) mass is 295 g/mol. The summed E-state index contributed by atoms with van der Waals surface area (Å²) in [4.78, 5) is 11.2. The molecule has 0 aliphatic rings. The molecule has 1 heterocycles. The largest absolute Gasteiger partial charge is 0.436 e. The smallest absolute Gasteiger partial charge is 0.269 e. The van der Waals surface area contributed by atoms with Crippen molar-refractivity contribution in [1.82, 2.24) is 15.4 Å². The third-order valence-corrected chi connectivity index (χ3v) is 3.10. The van der Waals surface area contributed by atoms with E-state index in [4.69, 9.17) is 4.74 Å². The average molecular weight is 296 g/mol. The van der Waals surface area contributed by atoms with Gasteiger partial charge in [-0.25, -0.2) is 0 Å². The van der Waals surface area contributed by atoms with Gasteiger partial charge in [0, 0.05) is 11.4 Å². The molecule has 0 bridgehead atoms. The topological polar surface area (TPSA) is 67.9 Å². The first-order chi connectivity index (χ1) is 8.08. The first-order valence-corrected chi connectivity index (χ1v) is 5.73. The minimum Gasteiger partial charge on any atom is -0.436 e. The SMILES string of the molecule is CC(=O)c1[nH]nnc1Oc1ccc(Br)c(C)c1. The van der Waals surface area contributed by atoms with Crippen LogP contribution in [-0.2, 0) is 0 Å². The van der Waals surface area contributed by atoms with Crippen molar-refractivity contribution in [1.29, 1.82) is 0 Å². The summed E-state index contributed by atoms with van der Waals surface area (Å²) in [6.45, 7) is 3.38. The van der Waals surface area contributed by atoms with E-state index in [2.05, 4.69) is 31.3 Å². The zero-order valence-corrected chi connectivity index (χ0v) is 10.9. The van der Waals surface area contributed by atoms with E-state index in [0.29, 0.717) is 5.75 Å². The molecule has 2 aromatic rings. The third kappa shape index (κ3) is 2.52. The van der Waals surface area contributed by atoms with Gasteiger partial charge < -0.3 is 4.74 Å². The molecule has 0 saturated carbocycles. The van der Waals surface area contributed by atoms with Crippen LogP contribution < -0.4 is 4.74 Å². The second kappa shape index (κ2) is 4.67. The van der Waals surface area contributed by atoms with Crippen molar-refractivity contribution in [2.24, 2.45) is 0 Å². The van der Waals surface area contributed by atoms with Gasteiger partial charge in [0.1, 0.15) is 5.75 Å². The van der Waals surface area contributed by atoms with Gasteiger partial charge in [0.15, 0.2) is 11.5 Å². The lowest BCUT2D eigenvalue weighted by atomic mass is 10.2. The molecule has 0 aliphatic heterocycles. The average Bonchev–Trinajstić information content (AvgIpc) is 2.72. The van der Waals surface area contributed by atoms with Crippen molar-refractivity contribution in [3.8, 4) is 11.6 Å². The fraction of sp³-hybridized carbons (Fsp3) is 0.182. The Hall–Kier alpha value is -1.69. The molecular weight excluding hydrogens is 286 g/mol. The molecule has 0 unspecified atom stereocenters. The Bertz CT molecular complexity index is 566. The van der Waals surface area contributed by atoms with Gasteiger partial charge >= 0.3 is 0 Å². The maximum Gasteiger partial charge on any atom is 0.269 e. The van der Waals surface area contributed by atoms with Crippen LogP contribution in [0, 0.1) is 6.92 Å². The molecule has 0 fully saturated rings. The number of rotatable bonds is 3. The van der Waals surface area contributed by atoms with E-state index in [9.17, 15) is 4.79 Å². The molecule has 0 saturated heterocycles. The number of benzene rings is 1. The molecule has 1 N–H and O–H groups in total. The molecule has 1 aromatic heterocycles. The van der Waals surface area contributed by atoms with Crippen molar-refractivity contribution in [3.63, 3.8) is 0 Å². The number of carbonyl (C=O) groups excluding carboxylic acids is 1. The van der Waals surface area contributed by atoms with Crippen LogP contribution in [0.15, 0.2) is 22.7 Å². The van der Waals surface area contributed by atoms with Gasteiger partial charge in [-0.1, -0.05) is 26.2 Å². The summed E-state index contributed by atoms with van der Waals surface area (Å²) >= 11 is 3.40. The van der Waals surface area contributed by atoms with Crippen LogP contribution in [0.25, 0.3) is 0 Å². The molecule has 0 atom stereocenters. The highest BCUT2D eigenvalue weighted by atomic mass is 79.9. The molecule has 0 radical (unpaired) electrons. The Morgan fingerprint density at radius 3 is 2.88 bits per heavy atom. The summed E-state index contributed by atoms with van der Waals surface area (Å²) in [5.74, 6) is 0.639. The molecule has 6 heteroatoms. The number of carbonyl (C=O) groups is 1. The number of aryl methyl sites for hydroxylation is 1. The van der Waals surface area contributed by atoms with Crippen molar-refractivity contribution < 1.29 is 9.53 Å². The van der Waals surface area contributed by atoms with Gasteiger partial charge in [-0.2, -0.15) is 0 Å². The van der Waals surface area contributed by atoms with Crippen LogP contribution in [0.5, 0.6) is 11.6 Å². The van der Waals surface area contributed by atoms with Gasteiger partial charge in [0.2, 0.25) is 0 Å². The highest BCUT2D eigenvalue weighted by Gasteiger charge is 2.13. The molecule has 17 heavy (non-hydrogen) atoms. The summed E-state index contributed by atoms with van der Waals surface area (Å²) in [6.07, 6.45) is 0. The number of H-pyrrole nitrogens is 1. The number of nitrogens with one attached hydrogen (secondary N) is 1. The maximum absolute atomic E-state index is 11.2. The first-order valence-electron chi connectivity index (χ1n) is 4.94. The molecule has 0 aliphatic carbocycles. The van der Waals surface area contributed by atoms with Crippen molar-refractivity contribution in [2.75, 3.05) is 0 Å². The highest BCUT2D eigenvalue weighted by Crippen LogP contribution is 2.26. The number of ether oxygens (including phenoxy) is 1. The van der Waals surface area contributed by atoms with Crippen LogP contribution in [0.4, 0.5) is 0 Å². The van der Waals surface area contributed by atoms with E-state index in [0.717, 1.165) is 10.0 Å². The molecule has 88 valence electrons. The predicted molar refractivity (Wildman–Crippen MR) is 65.3 cm³/mol. The van der Waals surface area contributed by atoms with Crippen LogP contribution in [0.3, 0.4) is 0 Å². The van der Waals surface area contributed by atoms with Gasteiger partial charge in [0.25, 0.3) is 5.88 Å². The van der Waals surface area contributed by atoms with Crippen molar-refractivity contribution >= 4 is 21.7 Å². The van der Waals surface area contributed by atoms with E-state index >= 15 is 0 Å². The molecule has 0 amide bonds. The lowest BCUT2D eigenvalue weighted by molar-refractivity contribution is 0.101. The Kier molecular flexibility index (Phi) is 3.23. The van der Waals surface area contributed by atoms with E-state index in [1.165, 1.54) is 6.92 Å². The van der Waals surface area contributed by atoms with E-state index in [1.54, 1.807) is 6.07 Å². The van der Waals surface area contributed by atoms with Crippen LogP contribution in [0.2, 0.25) is 0 Å². The van der Waals surface area contributed by atoms with Gasteiger partial charge in [0.05, 0.1) is 0 Å². The van der Waals surface area contributed by atoms with Gasteiger partial charge in [-0.05, 0) is 30.7 Å². The second-order valence-electron chi connectivity index (χ2n) is 3.56. The minimum absolute atomic E-state index is 0.168. The van der Waals surface area contributed by atoms with Gasteiger partial charge in [-0.3, -0.25) is 9.89 Å². The van der Waals surface area contributed by atoms with Gasteiger partial charge in [-0.15, -0.1) is 0 Å². The molecule has 2 rings (SSSR count). The standard InChI is InChI=1S/C11H10BrN3O2/c1-6-5-8(3-4-9(6)12)17-11-10(7(2)16)13-15-14-11/h3-5H,1-2H3,(H,13,14,15). The predicted octanol–water partition coefficient (Wildman–Crippen LogP) is 2.87. The van der Waals surface area contributed by atoms with Crippen LogP contribution in [0.1, 0.15) is 23.0 Å². The summed E-state index contributed by atoms with van der Waals surface area (Å²) in [5.41, 5.74) is 1.31. The van der Waals surface area contributed by atoms with E-state index in [-0.39, 0.29) is 17.4 Å². The molecule has 5 nitrogen and oxygen atoms in total. The molecule has 0 spiro atoms. The normalized spacial score (nSPS) is 10.3. The van der Waals surface area contributed by atoms with E-state index in [1.807, 2.05) is 19.1 Å². The number of Topliss-reactive ketones (excluding diaryl/α,β-unsaturated/α-hetero) is 1. The Balaban J connectivity index is 2.28. The Labute approximate surface area is 106 Å². The number of halogens is 1. The third-order valence-electron chi connectivity index (χ3n) is 2.21. The summed E-state index contributed by atoms with van der Waals surface area (Å²) in [7, 11) is 0. The lowest BCUT2D eigenvalue weighted by Crippen LogP contribution is -1.96. The maximum atomic E-state index is 11.2. The number of aromatic nitrogens is 3. The second-order valence-corrected chi connectivity index (χ2v) is 4.42. The number of hydrogen-bond donors (Lipinski definition) is 1. The number of nitrogens with zero attached hydrogens (tertiary/aromatic N) is 2. The van der Waals surface area contributed by atoms with Crippen molar-refractivity contribution in [3.05, 3.63) is 33.9 Å². The van der Waals surface area contributed by atoms with Crippen LogP contribution in [-0.4, -0.2) is 21.2 Å². The lowest BCUT2D eigenvalue weighted by Gasteiger charge is -2.05. The summed E-state index contributed by atoms with van der Waals surface area (Å²) in [6, 6.07) is 5.51. The fourth-order valence-electron chi connectivity index (χ4n) is 1.31. The number of hydrogen-bond acceptors (Lipinski definition) is 4. The Morgan fingerprint density at radius 2 is 2.24 bits per heavy atom. The molecule has 1 aromatic carbocycles. The van der Waals surface area contributed by atoms with E-state index < -0.39 is 0 Å². The zero-order chi connectivity index (χ0) is 12.4. The highest BCUT2D eigenvalue weighted by molar-refractivity contribution is 9.10. The molecular formula is C11H10BrN3O2. The zero-order valence-electron chi connectivity index (χ0n) is 9.32. The fourth-order valence-corrected chi connectivity index (χ4v) is 1.56. The first kappa shape index (κ1) is 11.8. The quantitative estimate of drug-likeness (QED) is 0.884. The summed E-state index contributed by atoms with van der Waals surface area (Å²) in [5, 5.41) is 9.78. The number of aromatic amines is 1. The van der Waals surface area contributed by atoms with Crippen molar-refractivity contribution in [2.45, 2.75) is 13.8 Å². The number of ketones is 1. The Morgan fingerprint density at radius 1 is 1.47 bits per heavy atom. The summed E-state index contributed by atoms with van der Waals surface area (Å²) < 4.78 is 6.50. The minimum atomic E-state index is -0.168. The van der Waals surface area contributed by atoms with Crippen LogP contribution >= 0.6 is 15.9 Å².